The molecule has 1 aliphatic heterocycles. The van der Waals surface area contributed by atoms with Crippen molar-refractivity contribution in [3.8, 4) is 0 Å². The van der Waals surface area contributed by atoms with Crippen LogP contribution in [0.2, 0.25) is 0 Å². The van der Waals surface area contributed by atoms with Crippen molar-refractivity contribution in [2.45, 2.75) is 32.1 Å². The fourth-order valence-electron chi connectivity index (χ4n) is 2.09. The van der Waals surface area contributed by atoms with Gasteiger partial charge in [0.25, 0.3) is 0 Å². The van der Waals surface area contributed by atoms with Gasteiger partial charge < -0.3 is 9.42 Å². The third kappa shape index (κ3) is 2.44. The van der Waals surface area contributed by atoms with Crippen molar-refractivity contribution in [2.24, 2.45) is 0 Å². The van der Waals surface area contributed by atoms with Crippen molar-refractivity contribution in [1.29, 1.82) is 0 Å². The summed E-state index contributed by atoms with van der Waals surface area (Å²) in [6.45, 7) is 5.30. The Morgan fingerprint density at radius 1 is 1.53 bits per heavy atom. The Balaban J connectivity index is 2.05. The summed E-state index contributed by atoms with van der Waals surface area (Å²) in [6.07, 6.45) is 1.66. The summed E-state index contributed by atoms with van der Waals surface area (Å²) < 4.78 is 5.24. The number of halogens is 1. The standard InChI is InChI=1S/C11H16ClN3O2/c1-8-13-10(17-14-8)11(2)3-5-15(6-4-11)9(16)7-12/h3-7H2,1-2H3. The molecular formula is C11H16ClN3O2. The molecule has 1 amide bonds. The summed E-state index contributed by atoms with van der Waals surface area (Å²) in [6, 6.07) is 0. The van der Waals surface area contributed by atoms with Crippen molar-refractivity contribution in [2.75, 3.05) is 19.0 Å². The van der Waals surface area contributed by atoms with E-state index in [0.717, 1.165) is 12.8 Å². The summed E-state index contributed by atoms with van der Waals surface area (Å²) in [7, 11) is 0. The molecule has 94 valence electrons. The van der Waals surface area contributed by atoms with Crippen LogP contribution in [0.5, 0.6) is 0 Å². The molecule has 6 heteroatoms. The molecule has 0 radical (unpaired) electrons. The van der Waals surface area contributed by atoms with Crippen molar-refractivity contribution in [3.63, 3.8) is 0 Å². The molecule has 0 aromatic carbocycles. The van der Waals surface area contributed by atoms with E-state index in [1.165, 1.54) is 0 Å². The molecule has 2 heterocycles. The van der Waals surface area contributed by atoms with Gasteiger partial charge in [0.05, 0.1) is 5.41 Å². The third-order valence-corrected chi connectivity index (χ3v) is 3.61. The van der Waals surface area contributed by atoms with Crippen LogP contribution in [-0.2, 0) is 10.2 Å². The summed E-state index contributed by atoms with van der Waals surface area (Å²) in [5.41, 5.74) is -0.121. The van der Waals surface area contributed by atoms with Crippen molar-refractivity contribution in [1.82, 2.24) is 15.0 Å². The second kappa shape index (κ2) is 4.64. The number of likely N-dealkylation sites (tertiary alicyclic amines) is 1. The van der Waals surface area contributed by atoms with Gasteiger partial charge in [-0.3, -0.25) is 4.79 Å². The monoisotopic (exact) mass is 257 g/mol. The number of rotatable bonds is 2. The zero-order valence-corrected chi connectivity index (χ0v) is 10.8. The third-order valence-electron chi connectivity index (χ3n) is 3.38. The molecule has 1 aromatic heterocycles. The predicted molar refractivity (Wildman–Crippen MR) is 62.9 cm³/mol. The Morgan fingerprint density at radius 2 is 2.18 bits per heavy atom. The summed E-state index contributed by atoms with van der Waals surface area (Å²) in [5.74, 6) is 1.38. The molecule has 0 aliphatic carbocycles. The van der Waals surface area contributed by atoms with E-state index in [1.807, 2.05) is 6.92 Å². The fourth-order valence-corrected chi connectivity index (χ4v) is 2.26. The van der Waals surface area contributed by atoms with E-state index in [0.29, 0.717) is 24.8 Å². The van der Waals surface area contributed by atoms with Crippen LogP contribution in [0.15, 0.2) is 4.52 Å². The van der Waals surface area contributed by atoms with Crippen LogP contribution in [0.1, 0.15) is 31.5 Å². The molecule has 0 bridgehead atoms. The first kappa shape index (κ1) is 12.4. The van der Waals surface area contributed by atoms with Crippen LogP contribution in [0.4, 0.5) is 0 Å². The summed E-state index contributed by atoms with van der Waals surface area (Å²) >= 11 is 5.54. The van der Waals surface area contributed by atoms with Crippen LogP contribution in [0.25, 0.3) is 0 Å². The molecule has 17 heavy (non-hydrogen) atoms. The molecule has 1 fully saturated rings. The minimum atomic E-state index is -0.121. The first-order chi connectivity index (χ1) is 8.05. The average molecular weight is 258 g/mol. The number of piperidine rings is 1. The second-order valence-corrected chi connectivity index (χ2v) is 4.99. The van der Waals surface area contributed by atoms with Gasteiger partial charge in [-0.25, -0.2) is 0 Å². The molecule has 1 saturated heterocycles. The Kier molecular flexibility index (Phi) is 3.38. The Bertz CT molecular complexity index is 411. The number of hydrogen-bond acceptors (Lipinski definition) is 4. The number of alkyl halides is 1. The molecule has 1 aromatic rings. The molecule has 0 N–H and O–H groups in total. The topological polar surface area (TPSA) is 59.2 Å². The van der Waals surface area contributed by atoms with Gasteiger partial charge in [0, 0.05) is 13.1 Å². The van der Waals surface area contributed by atoms with E-state index in [9.17, 15) is 4.79 Å². The van der Waals surface area contributed by atoms with Crippen LogP contribution in [-0.4, -0.2) is 39.9 Å². The van der Waals surface area contributed by atoms with Crippen molar-refractivity contribution >= 4 is 17.5 Å². The number of aromatic nitrogens is 2. The number of carbonyl (C=O) groups excluding carboxylic acids is 1. The molecule has 0 saturated carbocycles. The predicted octanol–water partition coefficient (Wildman–Crippen LogP) is 1.50. The number of carbonyl (C=O) groups is 1. The maximum absolute atomic E-state index is 11.5. The average Bonchev–Trinajstić information content (AvgIpc) is 2.77. The number of amides is 1. The maximum atomic E-state index is 11.5. The number of nitrogens with zero attached hydrogens (tertiary/aromatic N) is 3. The first-order valence-electron chi connectivity index (χ1n) is 5.70. The molecule has 0 atom stereocenters. The summed E-state index contributed by atoms with van der Waals surface area (Å²) in [4.78, 5) is 17.5. The van der Waals surface area contributed by atoms with E-state index in [-0.39, 0.29) is 17.2 Å². The molecule has 2 rings (SSSR count). The maximum Gasteiger partial charge on any atom is 0.237 e. The van der Waals surface area contributed by atoms with Crippen molar-refractivity contribution < 1.29 is 9.32 Å². The lowest BCUT2D eigenvalue weighted by atomic mass is 9.80. The fraction of sp³-hybridized carbons (Fsp3) is 0.727. The molecule has 0 spiro atoms. The van der Waals surface area contributed by atoms with Crippen molar-refractivity contribution in [3.05, 3.63) is 11.7 Å². The van der Waals surface area contributed by atoms with E-state index in [1.54, 1.807) is 4.90 Å². The van der Waals surface area contributed by atoms with Gasteiger partial charge in [-0.15, -0.1) is 11.6 Å². The molecule has 1 aliphatic rings. The van der Waals surface area contributed by atoms with E-state index >= 15 is 0 Å². The van der Waals surface area contributed by atoms with Gasteiger partial charge in [0.15, 0.2) is 5.82 Å². The lowest BCUT2D eigenvalue weighted by Gasteiger charge is -2.36. The highest BCUT2D eigenvalue weighted by molar-refractivity contribution is 6.27. The highest BCUT2D eigenvalue weighted by atomic mass is 35.5. The highest BCUT2D eigenvalue weighted by Crippen LogP contribution is 2.33. The van der Waals surface area contributed by atoms with Gasteiger partial charge in [-0.05, 0) is 19.8 Å². The molecular weight excluding hydrogens is 242 g/mol. The zero-order chi connectivity index (χ0) is 12.5. The van der Waals surface area contributed by atoms with E-state index < -0.39 is 0 Å². The van der Waals surface area contributed by atoms with Gasteiger partial charge >= 0.3 is 0 Å². The van der Waals surface area contributed by atoms with Crippen LogP contribution in [0.3, 0.4) is 0 Å². The Hall–Kier alpha value is -1.10. The Morgan fingerprint density at radius 3 is 2.65 bits per heavy atom. The van der Waals surface area contributed by atoms with Gasteiger partial charge in [-0.1, -0.05) is 12.1 Å². The molecule has 0 unspecified atom stereocenters. The first-order valence-corrected chi connectivity index (χ1v) is 6.23. The lowest BCUT2D eigenvalue weighted by molar-refractivity contribution is -0.130. The van der Waals surface area contributed by atoms with Crippen LogP contribution >= 0.6 is 11.6 Å². The quantitative estimate of drug-likeness (QED) is 0.754. The van der Waals surface area contributed by atoms with Gasteiger partial charge in [0.1, 0.15) is 5.88 Å². The van der Waals surface area contributed by atoms with Crippen LogP contribution < -0.4 is 0 Å². The lowest BCUT2D eigenvalue weighted by Crippen LogP contribution is -2.44. The van der Waals surface area contributed by atoms with Gasteiger partial charge in [-0.2, -0.15) is 4.98 Å². The summed E-state index contributed by atoms with van der Waals surface area (Å²) in [5, 5.41) is 3.82. The normalized spacial score (nSPS) is 19.4. The smallest absolute Gasteiger partial charge is 0.237 e. The van der Waals surface area contributed by atoms with E-state index in [4.69, 9.17) is 16.1 Å². The minimum Gasteiger partial charge on any atom is -0.342 e. The second-order valence-electron chi connectivity index (χ2n) is 4.72. The number of aryl methyl sites for hydroxylation is 1. The molecule has 5 nitrogen and oxygen atoms in total. The minimum absolute atomic E-state index is 0.00423. The highest BCUT2D eigenvalue weighted by Gasteiger charge is 2.37. The zero-order valence-electron chi connectivity index (χ0n) is 10.1. The van der Waals surface area contributed by atoms with Gasteiger partial charge in [0.2, 0.25) is 11.8 Å². The number of hydrogen-bond donors (Lipinski definition) is 0. The Labute approximate surface area is 105 Å². The largest absolute Gasteiger partial charge is 0.342 e. The SMILES string of the molecule is Cc1noc(C2(C)CCN(C(=O)CCl)CC2)n1. The van der Waals surface area contributed by atoms with Crippen LogP contribution in [0, 0.1) is 6.92 Å². The van der Waals surface area contributed by atoms with E-state index in [2.05, 4.69) is 17.1 Å².